The van der Waals surface area contributed by atoms with Crippen LogP contribution < -0.4 is 15.4 Å². The number of rotatable bonds is 7. The maximum Gasteiger partial charge on any atom is 0.262 e. The molecule has 25 heavy (non-hydrogen) atoms. The SMILES string of the molecule is CCCC(=O)Nc1ccccc1NC(=O)COc1ccc(C)cc1Br. The van der Waals surface area contributed by atoms with E-state index in [1.165, 1.54) is 0 Å². The van der Waals surface area contributed by atoms with Crippen LogP contribution in [-0.4, -0.2) is 18.4 Å². The summed E-state index contributed by atoms with van der Waals surface area (Å²) in [6.45, 7) is 3.79. The number of halogens is 1. The predicted octanol–water partition coefficient (Wildman–Crippen LogP) is 4.51. The van der Waals surface area contributed by atoms with Gasteiger partial charge in [0.05, 0.1) is 15.8 Å². The zero-order valence-corrected chi connectivity index (χ0v) is 15.9. The third-order valence-electron chi connectivity index (χ3n) is 3.40. The van der Waals surface area contributed by atoms with E-state index in [2.05, 4.69) is 26.6 Å². The van der Waals surface area contributed by atoms with Gasteiger partial charge in [0, 0.05) is 6.42 Å². The van der Waals surface area contributed by atoms with Crippen LogP contribution in [0.4, 0.5) is 11.4 Å². The van der Waals surface area contributed by atoms with Gasteiger partial charge in [-0.05, 0) is 59.1 Å². The fourth-order valence-electron chi connectivity index (χ4n) is 2.19. The first kappa shape index (κ1) is 19.0. The second kappa shape index (κ2) is 9.22. The van der Waals surface area contributed by atoms with E-state index < -0.39 is 0 Å². The number of para-hydroxylation sites is 2. The number of hydrogen-bond acceptors (Lipinski definition) is 3. The molecule has 0 unspecified atom stereocenters. The van der Waals surface area contributed by atoms with Crippen LogP contribution >= 0.6 is 15.9 Å². The average Bonchev–Trinajstić information content (AvgIpc) is 2.56. The van der Waals surface area contributed by atoms with Crippen LogP contribution in [0, 0.1) is 6.92 Å². The van der Waals surface area contributed by atoms with Gasteiger partial charge in [-0.25, -0.2) is 0 Å². The molecule has 0 bridgehead atoms. The smallest absolute Gasteiger partial charge is 0.262 e. The number of aryl methyl sites for hydroxylation is 1. The Kier molecular flexibility index (Phi) is 7.01. The van der Waals surface area contributed by atoms with E-state index in [1.807, 2.05) is 32.0 Å². The summed E-state index contributed by atoms with van der Waals surface area (Å²) in [5.41, 5.74) is 2.22. The van der Waals surface area contributed by atoms with Gasteiger partial charge in [-0.15, -0.1) is 0 Å². The number of amides is 2. The average molecular weight is 405 g/mol. The van der Waals surface area contributed by atoms with Crippen LogP contribution in [0.25, 0.3) is 0 Å². The largest absolute Gasteiger partial charge is 0.483 e. The lowest BCUT2D eigenvalue weighted by atomic mass is 10.2. The quantitative estimate of drug-likeness (QED) is 0.712. The van der Waals surface area contributed by atoms with E-state index >= 15 is 0 Å². The molecule has 0 aliphatic rings. The van der Waals surface area contributed by atoms with Crippen LogP contribution in [0.1, 0.15) is 25.3 Å². The third-order valence-corrected chi connectivity index (χ3v) is 4.02. The molecular formula is C19H21BrN2O3. The second-order valence-corrected chi connectivity index (χ2v) is 6.47. The van der Waals surface area contributed by atoms with Gasteiger partial charge in [-0.1, -0.05) is 25.1 Å². The van der Waals surface area contributed by atoms with Crippen molar-refractivity contribution in [1.82, 2.24) is 0 Å². The fraction of sp³-hybridized carbons (Fsp3) is 0.263. The van der Waals surface area contributed by atoms with Crippen molar-refractivity contribution in [3.05, 3.63) is 52.5 Å². The molecule has 2 aromatic carbocycles. The van der Waals surface area contributed by atoms with Crippen LogP contribution in [0.5, 0.6) is 5.75 Å². The molecule has 0 spiro atoms. The summed E-state index contributed by atoms with van der Waals surface area (Å²) in [7, 11) is 0. The molecule has 0 atom stereocenters. The lowest BCUT2D eigenvalue weighted by Crippen LogP contribution is -2.21. The van der Waals surface area contributed by atoms with Crippen molar-refractivity contribution in [2.45, 2.75) is 26.7 Å². The summed E-state index contributed by atoms with van der Waals surface area (Å²) in [5.74, 6) is 0.221. The Morgan fingerprint density at radius 2 is 1.68 bits per heavy atom. The van der Waals surface area contributed by atoms with Crippen molar-refractivity contribution in [3.8, 4) is 5.75 Å². The summed E-state index contributed by atoms with van der Waals surface area (Å²) < 4.78 is 6.34. The van der Waals surface area contributed by atoms with Gasteiger partial charge >= 0.3 is 0 Å². The first-order valence-corrected chi connectivity index (χ1v) is 8.86. The minimum Gasteiger partial charge on any atom is -0.483 e. The normalized spacial score (nSPS) is 10.2. The Morgan fingerprint density at radius 1 is 1.04 bits per heavy atom. The Labute approximate surface area is 155 Å². The molecule has 0 aliphatic heterocycles. The molecule has 0 aromatic heterocycles. The van der Waals surface area contributed by atoms with E-state index in [0.717, 1.165) is 16.5 Å². The molecule has 0 saturated carbocycles. The van der Waals surface area contributed by atoms with Crippen molar-refractivity contribution >= 4 is 39.1 Å². The van der Waals surface area contributed by atoms with Gasteiger partial charge < -0.3 is 15.4 Å². The highest BCUT2D eigenvalue weighted by molar-refractivity contribution is 9.10. The molecule has 2 amide bonds. The molecule has 2 aromatic rings. The molecule has 0 radical (unpaired) electrons. The third kappa shape index (κ3) is 5.90. The summed E-state index contributed by atoms with van der Waals surface area (Å²) in [4.78, 5) is 23.9. The number of nitrogens with one attached hydrogen (secondary N) is 2. The maximum absolute atomic E-state index is 12.2. The number of hydrogen-bond donors (Lipinski definition) is 2. The summed E-state index contributed by atoms with van der Waals surface area (Å²) in [6, 6.07) is 12.7. The van der Waals surface area contributed by atoms with Gasteiger partial charge in [0.15, 0.2) is 6.61 Å². The van der Waals surface area contributed by atoms with Gasteiger partial charge in [0.1, 0.15) is 5.75 Å². The Bertz CT molecular complexity index is 762. The molecule has 132 valence electrons. The van der Waals surface area contributed by atoms with Crippen LogP contribution in [0.3, 0.4) is 0 Å². The Morgan fingerprint density at radius 3 is 2.28 bits per heavy atom. The molecule has 0 fully saturated rings. The van der Waals surface area contributed by atoms with Crippen molar-refractivity contribution in [1.29, 1.82) is 0 Å². The van der Waals surface area contributed by atoms with Gasteiger partial charge in [0.2, 0.25) is 5.91 Å². The highest BCUT2D eigenvalue weighted by Gasteiger charge is 2.10. The first-order valence-electron chi connectivity index (χ1n) is 8.07. The first-order chi connectivity index (χ1) is 12.0. The molecule has 6 heteroatoms. The lowest BCUT2D eigenvalue weighted by molar-refractivity contribution is -0.118. The van der Waals surface area contributed by atoms with Gasteiger partial charge in [-0.2, -0.15) is 0 Å². The van der Waals surface area contributed by atoms with Gasteiger partial charge in [-0.3, -0.25) is 9.59 Å². The predicted molar refractivity (Wildman–Crippen MR) is 103 cm³/mol. The van der Waals surface area contributed by atoms with Crippen molar-refractivity contribution < 1.29 is 14.3 Å². The van der Waals surface area contributed by atoms with Crippen LogP contribution in [-0.2, 0) is 9.59 Å². The molecule has 0 saturated heterocycles. The van der Waals surface area contributed by atoms with Crippen molar-refractivity contribution in [3.63, 3.8) is 0 Å². The zero-order valence-electron chi connectivity index (χ0n) is 14.3. The van der Waals surface area contributed by atoms with E-state index in [9.17, 15) is 9.59 Å². The van der Waals surface area contributed by atoms with E-state index in [0.29, 0.717) is 23.5 Å². The Balaban J connectivity index is 1.97. The lowest BCUT2D eigenvalue weighted by Gasteiger charge is -2.13. The number of ether oxygens (including phenoxy) is 1. The number of carbonyl (C=O) groups excluding carboxylic acids is 2. The van der Waals surface area contributed by atoms with E-state index in [1.54, 1.807) is 24.3 Å². The van der Waals surface area contributed by atoms with E-state index in [-0.39, 0.29) is 18.4 Å². The highest BCUT2D eigenvalue weighted by Crippen LogP contribution is 2.26. The van der Waals surface area contributed by atoms with Crippen molar-refractivity contribution in [2.75, 3.05) is 17.2 Å². The molecular weight excluding hydrogens is 384 g/mol. The van der Waals surface area contributed by atoms with Gasteiger partial charge in [0.25, 0.3) is 5.91 Å². The highest BCUT2D eigenvalue weighted by atomic mass is 79.9. The monoisotopic (exact) mass is 404 g/mol. The van der Waals surface area contributed by atoms with Crippen LogP contribution in [0.15, 0.2) is 46.9 Å². The molecule has 2 rings (SSSR count). The summed E-state index contributed by atoms with van der Waals surface area (Å²) >= 11 is 3.41. The summed E-state index contributed by atoms with van der Waals surface area (Å²) in [5, 5.41) is 5.57. The topological polar surface area (TPSA) is 67.4 Å². The fourth-order valence-corrected chi connectivity index (χ4v) is 2.80. The molecule has 0 aliphatic carbocycles. The number of anilines is 2. The molecule has 2 N–H and O–H groups in total. The second-order valence-electron chi connectivity index (χ2n) is 5.61. The maximum atomic E-state index is 12.2. The molecule has 5 nitrogen and oxygen atoms in total. The van der Waals surface area contributed by atoms with Crippen molar-refractivity contribution in [2.24, 2.45) is 0 Å². The minimum absolute atomic E-state index is 0.0796. The van der Waals surface area contributed by atoms with E-state index in [4.69, 9.17) is 4.74 Å². The minimum atomic E-state index is -0.301. The zero-order chi connectivity index (χ0) is 18.2. The number of benzene rings is 2. The summed E-state index contributed by atoms with van der Waals surface area (Å²) in [6.07, 6.45) is 1.20. The number of carbonyl (C=O) groups is 2. The van der Waals surface area contributed by atoms with Crippen LogP contribution in [0.2, 0.25) is 0 Å². The molecule has 0 heterocycles. The standard InChI is InChI=1S/C19H21BrN2O3/c1-3-6-18(23)21-15-7-4-5-8-16(15)22-19(24)12-25-17-10-9-13(2)11-14(17)20/h4-5,7-11H,3,6,12H2,1-2H3,(H,21,23)(H,22,24). The Hall–Kier alpha value is -2.34.